The number of rotatable bonds is 3. The van der Waals surface area contributed by atoms with Gasteiger partial charge in [0.05, 0.1) is 0 Å². The van der Waals surface area contributed by atoms with Gasteiger partial charge in [0.1, 0.15) is 0 Å². The SMILES string of the molecule is C.C/C=c1/ccc(-c2c3ccccc3c(-c3ccc4ccccc4c3)c3ccc(-c4ccc5ccccc5c4)cc23)c/c1=C/C.CC. The van der Waals surface area contributed by atoms with Gasteiger partial charge in [-0.05, 0) is 125 Å². The molecule has 0 saturated carbocycles. The summed E-state index contributed by atoms with van der Waals surface area (Å²) in [4.78, 5) is 0. The summed E-state index contributed by atoms with van der Waals surface area (Å²) in [5.41, 5.74) is 7.52. The number of hydrogen-bond donors (Lipinski definition) is 0. The summed E-state index contributed by atoms with van der Waals surface area (Å²) in [5.74, 6) is 0. The van der Waals surface area contributed by atoms with E-state index in [1.54, 1.807) is 0 Å². The molecule has 0 radical (unpaired) electrons. The van der Waals surface area contributed by atoms with Crippen molar-refractivity contribution in [2.24, 2.45) is 0 Å². The summed E-state index contributed by atoms with van der Waals surface area (Å²) in [5, 5.41) is 12.6. The maximum absolute atomic E-state index is 2.42. The molecule has 8 aromatic carbocycles. The van der Waals surface area contributed by atoms with Gasteiger partial charge in [-0.2, -0.15) is 0 Å². The lowest BCUT2D eigenvalue weighted by Gasteiger charge is -2.19. The number of fused-ring (bicyclic) bond motifs is 4. The second-order valence-corrected chi connectivity index (χ2v) is 11.6. The molecule has 0 aliphatic carbocycles. The van der Waals surface area contributed by atoms with Crippen LogP contribution >= 0.6 is 0 Å². The predicted molar refractivity (Wildman–Crippen MR) is 210 cm³/mol. The Bertz CT molecular complexity index is 2510. The molecule has 0 saturated heterocycles. The Labute approximate surface area is 279 Å². The van der Waals surface area contributed by atoms with Crippen LogP contribution in [-0.4, -0.2) is 0 Å². The van der Waals surface area contributed by atoms with Crippen molar-refractivity contribution >= 4 is 55.2 Å². The molecular formula is C47H42. The van der Waals surface area contributed by atoms with Crippen LogP contribution in [-0.2, 0) is 0 Å². The molecule has 0 unspecified atom stereocenters. The van der Waals surface area contributed by atoms with Gasteiger partial charge in [0, 0.05) is 0 Å². The van der Waals surface area contributed by atoms with Gasteiger partial charge in [0.2, 0.25) is 0 Å². The van der Waals surface area contributed by atoms with Crippen molar-refractivity contribution < 1.29 is 0 Å². The van der Waals surface area contributed by atoms with E-state index >= 15 is 0 Å². The molecule has 47 heavy (non-hydrogen) atoms. The first-order valence-corrected chi connectivity index (χ1v) is 16.4. The fraction of sp³-hybridized carbons (Fsp3) is 0.106. The van der Waals surface area contributed by atoms with Gasteiger partial charge in [-0.15, -0.1) is 0 Å². The van der Waals surface area contributed by atoms with Crippen molar-refractivity contribution in [2.75, 3.05) is 0 Å². The molecule has 0 spiro atoms. The van der Waals surface area contributed by atoms with Crippen molar-refractivity contribution in [2.45, 2.75) is 35.1 Å². The Hall–Kier alpha value is -5.46. The van der Waals surface area contributed by atoms with E-state index in [1.165, 1.54) is 86.9 Å². The van der Waals surface area contributed by atoms with Crippen LogP contribution in [0, 0.1) is 0 Å². The van der Waals surface area contributed by atoms with Crippen molar-refractivity contribution in [1.29, 1.82) is 0 Å². The first-order valence-electron chi connectivity index (χ1n) is 16.4. The van der Waals surface area contributed by atoms with E-state index in [9.17, 15) is 0 Å². The quantitative estimate of drug-likeness (QED) is 0.176. The summed E-state index contributed by atoms with van der Waals surface area (Å²) in [6, 6.07) is 53.9. The molecule has 8 rings (SSSR count). The molecule has 0 amide bonds. The first-order chi connectivity index (χ1) is 22.7. The molecule has 0 atom stereocenters. The number of hydrogen-bond acceptors (Lipinski definition) is 0. The summed E-state index contributed by atoms with van der Waals surface area (Å²) < 4.78 is 0. The van der Waals surface area contributed by atoms with E-state index in [2.05, 4.69) is 172 Å². The smallest absolute Gasteiger partial charge is 0.00259 e. The minimum atomic E-state index is 0. The molecule has 0 aliphatic rings. The third-order valence-corrected chi connectivity index (χ3v) is 9.14. The van der Waals surface area contributed by atoms with Crippen LogP contribution in [0.5, 0.6) is 0 Å². The maximum atomic E-state index is 2.42. The van der Waals surface area contributed by atoms with Crippen LogP contribution in [0.25, 0.3) is 88.6 Å². The van der Waals surface area contributed by atoms with Crippen LogP contribution in [0.4, 0.5) is 0 Å². The Morgan fingerprint density at radius 2 is 0.766 bits per heavy atom. The van der Waals surface area contributed by atoms with E-state index < -0.39 is 0 Å². The molecule has 230 valence electrons. The second kappa shape index (κ2) is 13.5. The van der Waals surface area contributed by atoms with Gasteiger partial charge in [-0.3, -0.25) is 0 Å². The van der Waals surface area contributed by atoms with Crippen LogP contribution in [0.2, 0.25) is 0 Å². The average molecular weight is 607 g/mol. The summed E-state index contributed by atoms with van der Waals surface area (Å²) in [7, 11) is 0. The van der Waals surface area contributed by atoms with Gasteiger partial charge in [0.25, 0.3) is 0 Å². The van der Waals surface area contributed by atoms with Crippen LogP contribution in [0.15, 0.2) is 146 Å². The molecule has 0 fully saturated rings. The number of benzene rings is 8. The third kappa shape index (κ3) is 5.62. The summed E-state index contributed by atoms with van der Waals surface area (Å²) in [6.45, 7) is 8.24. The Kier molecular flexibility index (Phi) is 9.05. The fourth-order valence-corrected chi connectivity index (χ4v) is 6.94. The van der Waals surface area contributed by atoms with Crippen LogP contribution < -0.4 is 10.4 Å². The first kappa shape index (κ1) is 31.5. The summed E-state index contributed by atoms with van der Waals surface area (Å²) >= 11 is 0. The van der Waals surface area contributed by atoms with Crippen molar-refractivity contribution in [3.8, 4) is 33.4 Å². The highest BCUT2D eigenvalue weighted by Gasteiger charge is 2.18. The zero-order valence-electron chi connectivity index (χ0n) is 27.0. The molecule has 0 nitrogen and oxygen atoms in total. The van der Waals surface area contributed by atoms with E-state index in [1.807, 2.05) is 13.8 Å². The maximum Gasteiger partial charge on any atom is -0.00259 e. The lowest BCUT2D eigenvalue weighted by molar-refractivity contribution is 1.49. The molecular weight excluding hydrogens is 565 g/mol. The minimum absolute atomic E-state index is 0. The Morgan fingerprint density at radius 3 is 1.38 bits per heavy atom. The highest BCUT2D eigenvalue weighted by Crippen LogP contribution is 2.45. The van der Waals surface area contributed by atoms with Crippen LogP contribution in [0.3, 0.4) is 0 Å². The average Bonchev–Trinajstić information content (AvgIpc) is 3.13. The highest BCUT2D eigenvalue weighted by atomic mass is 14.2. The topological polar surface area (TPSA) is 0 Å². The lowest BCUT2D eigenvalue weighted by Crippen LogP contribution is -2.23. The molecule has 0 heterocycles. The van der Waals surface area contributed by atoms with Crippen molar-refractivity contribution in [3.05, 3.63) is 156 Å². The van der Waals surface area contributed by atoms with Crippen molar-refractivity contribution in [3.63, 3.8) is 0 Å². The molecule has 0 heteroatoms. The van der Waals surface area contributed by atoms with Gasteiger partial charge in [0.15, 0.2) is 0 Å². The largest absolute Gasteiger partial charge is 0.0798 e. The van der Waals surface area contributed by atoms with E-state index in [0.717, 1.165) is 0 Å². The molecule has 0 bridgehead atoms. The Balaban J connectivity index is 0.00000126. The van der Waals surface area contributed by atoms with E-state index in [4.69, 9.17) is 0 Å². The zero-order valence-corrected chi connectivity index (χ0v) is 27.0. The summed E-state index contributed by atoms with van der Waals surface area (Å²) in [6.07, 6.45) is 4.41. The molecule has 8 aromatic rings. The predicted octanol–water partition coefficient (Wildman–Crippen LogP) is 12.6. The van der Waals surface area contributed by atoms with Gasteiger partial charge in [-0.1, -0.05) is 155 Å². The Morgan fingerprint density at radius 1 is 0.340 bits per heavy atom. The van der Waals surface area contributed by atoms with Gasteiger partial charge < -0.3 is 0 Å². The molecule has 0 N–H and O–H groups in total. The standard InChI is InChI=1S/C44H32.C2H6.CH4/c1-3-29-17-21-37(25-30(29)4-2)44-40-16-10-9-15-39(40)43(38-22-19-32-12-6-8-14-34(32)27-38)41-24-23-36(28-42(41)44)35-20-18-31-11-5-7-13-33(31)26-35;1-2;/h3-28H,1-2H3;1-2H3;1H4/b29-3-,30-4-;;. The van der Waals surface area contributed by atoms with Gasteiger partial charge >= 0.3 is 0 Å². The van der Waals surface area contributed by atoms with E-state index in [-0.39, 0.29) is 7.43 Å². The monoisotopic (exact) mass is 606 g/mol. The van der Waals surface area contributed by atoms with Crippen molar-refractivity contribution in [1.82, 2.24) is 0 Å². The second-order valence-electron chi connectivity index (χ2n) is 11.6. The highest BCUT2D eigenvalue weighted by molar-refractivity contribution is 6.22. The zero-order chi connectivity index (χ0) is 31.6. The third-order valence-electron chi connectivity index (χ3n) is 9.14. The fourth-order valence-electron chi connectivity index (χ4n) is 6.94. The van der Waals surface area contributed by atoms with Crippen LogP contribution in [0.1, 0.15) is 35.1 Å². The van der Waals surface area contributed by atoms with Gasteiger partial charge in [-0.25, -0.2) is 0 Å². The normalized spacial score (nSPS) is 11.9. The minimum Gasteiger partial charge on any atom is -0.0798 e. The van der Waals surface area contributed by atoms with E-state index in [0.29, 0.717) is 0 Å². The molecule has 0 aliphatic heterocycles. The lowest BCUT2D eigenvalue weighted by atomic mass is 9.84. The molecule has 0 aromatic heterocycles.